The Bertz CT molecular complexity index is 680. The lowest BCUT2D eigenvalue weighted by atomic mass is 10.1. The molecule has 0 saturated heterocycles. The summed E-state index contributed by atoms with van der Waals surface area (Å²) in [7, 11) is -3.20. The third-order valence-electron chi connectivity index (χ3n) is 2.70. The smallest absolute Gasteiger partial charge is 0.262 e. The van der Waals surface area contributed by atoms with Gasteiger partial charge in [0.1, 0.15) is 10.5 Å². The first-order valence-electron chi connectivity index (χ1n) is 6.27. The van der Waals surface area contributed by atoms with Crippen molar-refractivity contribution < 1.29 is 8.42 Å². The average molecular weight is 311 g/mol. The van der Waals surface area contributed by atoms with Crippen LogP contribution in [0.2, 0.25) is 0 Å². The third kappa shape index (κ3) is 3.55. The maximum atomic E-state index is 11.2. The first-order chi connectivity index (χ1) is 9.38. The second-order valence-electron chi connectivity index (χ2n) is 5.02. The van der Waals surface area contributed by atoms with Crippen molar-refractivity contribution in [3.63, 3.8) is 0 Å². The van der Waals surface area contributed by atoms with Crippen LogP contribution in [-0.4, -0.2) is 18.6 Å². The van der Waals surface area contributed by atoms with Gasteiger partial charge in [-0.2, -0.15) is 0 Å². The van der Waals surface area contributed by atoms with E-state index in [1.54, 1.807) is 35.9 Å². The zero-order chi connectivity index (χ0) is 14.8. The molecule has 0 spiro atoms. The zero-order valence-corrected chi connectivity index (χ0v) is 13.3. The summed E-state index contributed by atoms with van der Waals surface area (Å²) in [5.41, 5.74) is 3.23. The molecule has 2 aliphatic rings. The fraction of sp³-hybridized carbons (Fsp3) is 0.385. The van der Waals surface area contributed by atoms with Crippen molar-refractivity contribution in [3.05, 3.63) is 34.3 Å². The van der Waals surface area contributed by atoms with Crippen LogP contribution in [0.25, 0.3) is 0 Å². The maximum absolute atomic E-state index is 11.2. The van der Waals surface area contributed by atoms with Crippen molar-refractivity contribution in [1.29, 1.82) is 0 Å². The Morgan fingerprint density at radius 1 is 1.35 bits per heavy atom. The summed E-state index contributed by atoms with van der Waals surface area (Å²) < 4.78 is 24.8. The summed E-state index contributed by atoms with van der Waals surface area (Å²) in [6, 6.07) is 5.19. The summed E-state index contributed by atoms with van der Waals surface area (Å²) in [4.78, 5) is 0.382. The fourth-order valence-electron chi connectivity index (χ4n) is 1.86. The van der Waals surface area contributed by atoms with E-state index in [2.05, 4.69) is 28.8 Å². The molecule has 2 bridgehead atoms. The van der Waals surface area contributed by atoms with E-state index in [9.17, 15) is 8.42 Å². The minimum absolute atomic E-state index is 0.382. The predicted molar refractivity (Wildman–Crippen MR) is 80.4 cm³/mol. The van der Waals surface area contributed by atoms with Gasteiger partial charge in [-0.25, -0.2) is 8.42 Å². The van der Waals surface area contributed by atoms with Gasteiger partial charge in [-0.15, -0.1) is 21.5 Å². The van der Waals surface area contributed by atoms with Crippen LogP contribution in [0.4, 0.5) is 5.69 Å². The lowest BCUT2D eigenvalue weighted by Crippen LogP contribution is -2.18. The topological polar surface area (TPSA) is 72.0 Å². The van der Waals surface area contributed by atoms with E-state index in [4.69, 9.17) is 0 Å². The van der Waals surface area contributed by atoms with Crippen molar-refractivity contribution in [3.8, 4) is 0 Å². The van der Waals surface area contributed by atoms with Crippen LogP contribution in [0.5, 0.6) is 0 Å². The maximum Gasteiger partial charge on any atom is 0.262 e. The van der Waals surface area contributed by atoms with Gasteiger partial charge >= 0.3 is 0 Å². The third-order valence-corrected chi connectivity index (χ3v) is 4.97. The first-order valence-corrected chi connectivity index (χ1v) is 8.63. The Balaban J connectivity index is 0.000000151. The minimum atomic E-state index is -3.20. The molecule has 0 aliphatic carbocycles. The van der Waals surface area contributed by atoms with Gasteiger partial charge < -0.3 is 0 Å². The molecule has 0 unspecified atom stereocenters. The van der Waals surface area contributed by atoms with Crippen molar-refractivity contribution in [1.82, 2.24) is 10.2 Å². The molecule has 1 N–H and O–H groups in total. The van der Waals surface area contributed by atoms with E-state index in [-0.39, 0.29) is 0 Å². The van der Waals surface area contributed by atoms with E-state index in [0.29, 0.717) is 16.5 Å². The molecule has 2 aliphatic heterocycles. The largest absolute Gasteiger partial charge is 0.280 e. The van der Waals surface area contributed by atoms with E-state index < -0.39 is 10.0 Å². The normalized spacial score (nSPS) is 14.6. The summed E-state index contributed by atoms with van der Waals surface area (Å²) in [6.07, 6.45) is 1.06. The zero-order valence-electron chi connectivity index (χ0n) is 11.6. The van der Waals surface area contributed by atoms with Crippen LogP contribution in [0.3, 0.4) is 0 Å². The number of nitrogens with one attached hydrogen (secondary N) is 1. The highest BCUT2D eigenvalue weighted by Crippen LogP contribution is 2.27. The van der Waals surface area contributed by atoms with Crippen molar-refractivity contribution in [2.75, 3.05) is 4.72 Å². The molecule has 1 aromatic carbocycles. The number of fused-ring (bicyclic) bond motifs is 3. The molecular formula is C13H17N3O2S2. The number of anilines is 1. The molecule has 3 heterocycles. The molecule has 0 fully saturated rings. The molecule has 2 aromatic rings. The highest BCUT2D eigenvalue weighted by Gasteiger charge is 2.22. The number of rotatable bonds is 2. The number of hydrogen-bond donors (Lipinski definition) is 1. The van der Waals surface area contributed by atoms with Gasteiger partial charge in [0.05, 0.1) is 4.90 Å². The van der Waals surface area contributed by atoms with Crippen molar-refractivity contribution in [2.45, 2.75) is 32.1 Å². The lowest BCUT2D eigenvalue weighted by Gasteiger charge is -2.17. The van der Waals surface area contributed by atoms with Crippen molar-refractivity contribution in [2.24, 2.45) is 5.92 Å². The molecule has 0 atom stereocenters. The van der Waals surface area contributed by atoms with E-state index >= 15 is 0 Å². The summed E-state index contributed by atoms with van der Waals surface area (Å²) in [6.45, 7) is 6.15. The molecule has 1 aromatic heterocycles. The van der Waals surface area contributed by atoms with Gasteiger partial charge in [0.15, 0.2) is 0 Å². The minimum Gasteiger partial charge on any atom is -0.280 e. The lowest BCUT2D eigenvalue weighted by molar-refractivity contribution is 0.599. The van der Waals surface area contributed by atoms with Crippen LogP contribution in [0.15, 0.2) is 28.6 Å². The van der Waals surface area contributed by atoms with Gasteiger partial charge in [-0.3, -0.25) is 4.72 Å². The van der Waals surface area contributed by atoms with Gasteiger partial charge in [0, 0.05) is 12.1 Å². The summed E-state index contributed by atoms with van der Waals surface area (Å²) in [5, 5.41) is 8.81. The number of hydrogen-bond acceptors (Lipinski definition) is 5. The SMILES string of the molecule is CC(C)Cc1nncs1.Cc1cc2ccc1S(=O)(=O)N2. The van der Waals surface area contributed by atoms with Crippen LogP contribution >= 0.6 is 11.3 Å². The van der Waals surface area contributed by atoms with Crippen LogP contribution in [0, 0.1) is 12.8 Å². The van der Waals surface area contributed by atoms with Gasteiger partial charge in [-0.1, -0.05) is 13.8 Å². The number of aromatic nitrogens is 2. The van der Waals surface area contributed by atoms with E-state index in [1.807, 2.05) is 6.07 Å². The van der Waals surface area contributed by atoms with Gasteiger partial charge in [-0.05, 0) is 36.6 Å². The number of sulfonamides is 1. The Morgan fingerprint density at radius 2 is 2.10 bits per heavy atom. The Labute approximate surface area is 123 Å². The van der Waals surface area contributed by atoms with E-state index in [0.717, 1.165) is 17.0 Å². The molecule has 7 heteroatoms. The summed E-state index contributed by atoms with van der Waals surface area (Å²) >= 11 is 1.63. The average Bonchev–Trinajstić information content (AvgIpc) is 2.80. The van der Waals surface area contributed by atoms with E-state index in [1.165, 1.54) is 0 Å². The second kappa shape index (κ2) is 5.88. The highest BCUT2D eigenvalue weighted by molar-refractivity contribution is 7.93. The van der Waals surface area contributed by atoms with Gasteiger partial charge in [0.25, 0.3) is 10.0 Å². The van der Waals surface area contributed by atoms with Gasteiger partial charge in [0.2, 0.25) is 0 Å². The Morgan fingerprint density at radius 3 is 2.50 bits per heavy atom. The molecule has 0 amide bonds. The number of aryl methyl sites for hydroxylation is 1. The number of benzene rings is 1. The molecular weight excluding hydrogens is 294 g/mol. The second-order valence-corrected chi connectivity index (χ2v) is 7.58. The monoisotopic (exact) mass is 311 g/mol. The standard InChI is InChI=1S/C7H7NO2S.C6H10N2S/c1-5-4-6-2-3-7(5)11(9,10)8-6;1-5(2)3-6-8-7-4-9-6/h2-4,8H,1H3;4-5H,3H2,1-2H3. The van der Waals surface area contributed by atoms with Crippen LogP contribution in [0.1, 0.15) is 24.4 Å². The van der Waals surface area contributed by atoms with Crippen LogP contribution in [-0.2, 0) is 16.4 Å². The summed E-state index contributed by atoms with van der Waals surface area (Å²) in [5.74, 6) is 0.693. The highest BCUT2D eigenvalue weighted by atomic mass is 32.2. The molecule has 0 saturated carbocycles. The molecule has 20 heavy (non-hydrogen) atoms. The molecule has 108 valence electrons. The molecule has 5 nitrogen and oxygen atoms in total. The quantitative estimate of drug-likeness (QED) is 0.925. The fourth-order valence-corrected chi connectivity index (χ4v) is 3.88. The predicted octanol–water partition coefficient (Wildman–Crippen LogP) is 2.85. The van der Waals surface area contributed by atoms with Crippen LogP contribution < -0.4 is 4.72 Å². The van der Waals surface area contributed by atoms with Crippen molar-refractivity contribution >= 4 is 27.0 Å². The molecule has 4 rings (SSSR count). The molecule has 0 radical (unpaired) electrons. The Kier molecular flexibility index (Phi) is 4.39. The number of nitrogens with zero attached hydrogens (tertiary/aromatic N) is 2. The Hall–Kier alpha value is -1.47. The first kappa shape index (κ1) is 14.9.